The molecular formula is C66H54Cl2Si2Zr-4. The van der Waals surface area contributed by atoms with Gasteiger partial charge in [-0.3, -0.25) is 0 Å². The van der Waals surface area contributed by atoms with Crippen LogP contribution in [0, 0.1) is 27.7 Å². The number of hydrogen-bond donors (Lipinski definition) is 0. The van der Waals surface area contributed by atoms with Crippen LogP contribution in [0.15, 0.2) is 218 Å². The van der Waals surface area contributed by atoms with Gasteiger partial charge in [0.1, 0.15) is 0 Å². The Morgan fingerprint density at radius 2 is 0.465 bits per heavy atom. The fraction of sp³-hybridized carbons (Fsp3) is 0.0909. The van der Waals surface area contributed by atoms with Gasteiger partial charge in [0, 0.05) is 17.6 Å². The number of aryl methyl sites for hydroxylation is 4. The first-order chi connectivity index (χ1) is 33.3. The molecule has 0 unspecified atom stereocenters. The van der Waals surface area contributed by atoms with E-state index in [4.69, 9.17) is 0 Å². The van der Waals surface area contributed by atoms with Crippen LogP contribution in [0.1, 0.15) is 22.3 Å². The molecule has 2 radical (unpaired) electrons. The minimum Gasteiger partial charge on any atom is -1.00 e. The molecule has 0 aliphatic heterocycles. The Hall–Kier alpha value is -5.90. The number of benzene rings is 8. The first-order valence-electron chi connectivity index (χ1n) is 23.9. The second kappa shape index (κ2) is 21.8. The van der Waals surface area contributed by atoms with Crippen molar-refractivity contribution in [3.05, 3.63) is 241 Å². The maximum absolute atomic E-state index is 2.48. The maximum Gasteiger partial charge on any atom is 2.00 e. The van der Waals surface area contributed by atoms with Crippen molar-refractivity contribution in [3.63, 3.8) is 0 Å². The zero-order valence-corrected chi connectivity index (χ0v) is 47.0. The number of rotatable bonds is 8. The van der Waals surface area contributed by atoms with E-state index in [1.807, 2.05) is 0 Å². The Labute approximate surface area is 454 Å². The van der Waals surface area contributed by atoms with E-state index in [2.05, 4.69) is 259 Å². The quantitative estimate of drug-likeness (QED) is 0.105. The molecule has 0 N–H and O–H groups in total. The molecule has 0 amide bonds. The molecule has 5 heteroatoms. The number of halogens is 2. The molecule has 71 heavy (non-hydrogen) atoms. The Balaban J connectivity index is 0.000000183. The maximum atomic E-state index is 2.48. The van der Waals surface area contributed by atoms with Gasteiger partial charge in [-0.2, -0.15) is 24.3 Å². The Morgan fingerprint density at radius 1 is 0.268 bits per heavy atom. The SMILES string of the molecule is Cc1cc2c(-c3ccccc3)cccc2[c-]1[Si](C)[c-]1c(C)cc2c(-c3ccccc3)cccc21.Cc1cc2c(-c3ccccc3)cccc2[c-]1[Si](C)[c-]1c(C)cc2c(-c3ccccc3)cccc21.[Cl-].[Cl-].[Zr+2]. The molecule has 0 nitrogen and oxygen atoms in total. The van der Waals surface area contributed by atoms with Crippen molar-refractivity contribution in [2.45, 2.75) is 40.8 Å². The van der Waals surface area contributed by atoms with E-state index >= 15 is 0 Å². The van der Waals surface area contributed by atoms with Gasteiger partial charge < -0.3 is 24.8 Å². The Kier molecular flexibility index (Phi) is 15.8. The summed E-state index contributed by atoms with van der Waals surface area (Å²) in [5, 5.41) is 17.4. The summed E-state index contributed by atoms with van der Waals surface area (Å²) in [6, 6.07) is 80.0. The zero-order chi connectivity index (χ0) is 46.5. The fourth-order valence-corrected chi connectivity index (χ4v) is 17.1. The van der Waals surface area contributed by atoms with Gasteiger partial charge in [0.05, 0.1) is 0 Å². The van der Waals surface area contributed by atoms with Crippen LogP contribution in [0.4, 0.5) is 0 Å². The third kappa shape index (κ3) is 9.41. The first-order valence-corrected chi connectivity index (χ1v) is 27.9. The molecule has 0 aliphatic carbocycles. The third-order valence-electron chi connectivity index (χ3n) is 14.4. The van der Waals surface area contributed by atoms with Gasteiger partial charge >= 0.3 is 26.2 Å². The molecule has 0 fully saturated rings. The van der Waals surface area contributed by atoms with Crippen LogP contribution in [0.2, 0.25) is 13.1 Å². The van der Waals surface area contributed by atoms with E-state index in [-0.39, 0.29) is 51.0 Å². The number of fused-ring (bicyclic) bond motifs is 4. The van der Waals surface area contributed by atoms with Gasteiger partial charge in [-0.05, 0) is 22.3 Å². The summed E-state index contributed by atoms with van der Waals surface area (Å²) in [5.74, 6) is 0. The standard InChI is InChI=1S/2C33H27Si.2ClH.Zr/c2*1-22-20-30-26(24-12-6-4-7-13-24)16-10-18-28(30)32(22)34(3)33-23(2)21-31-27(17-11-19-29(31)33)25-14-8-5-9-15-25;;;/h2*4-21H,1-3H3;2*1H;/q2*-2;;;+2/p-2. The topological polar surface area (TPSA) is 0 Å². The summed E-state index contributed by atoms with van der Waals surface area (Å²) in [7, 11) is -1.93. The second-order valence-corrected chi connectivity index (χ2v) is 23.1. The van der Waals surface area contributed by atoms with Crippen LogP contribution in [-0.2, 0) is 26.2 Å². The molecule has 0 aromatic heterocycles. The van der Waals surface area contributed by atoms with E-state index in [0.717, 1.165) is 0 Å². The Bertz CT molecular complexity index is 3250. The predicted molar refractivity (Wildman–Crippen MR) is 301 cm³/mol. The van der Waals surface area contributed by atoms with Crippen molar-refractivity contribution >= 4 is 81.4 Å². The van der Waals surface area contributed by atoms with E-state index in [0.29, 0.717) is 0 Å². The largest absolute Gasteiger partial charge is 2.00 e. The summed E-state index contributed by atoms with van der Waals surface area (Å²) in [6.45, 7) is 14.2. The molecule has 0 spiro atoms. The summed E-state index contributed by atoms with van der Waals surface area (Å²) in [4.78, 5) is 0. The molecule has 348 valence electrons. The first kappa shape index (κ1) is 51.5. The fourth-order valence-electron chi connectivity index (χ4n) is 11.5. The minimum absolute atomic E-state index is 0. The Morgan fingerprint density at radius 3 is 0.662 bits per heavy atom. The zero-order valence-electron chi connectivity index (χ0n) is 41.0. The molecule has 0 aliphatic rings. The molecule has 0 saturated heterocycles. The van der Waals surface area contributed by atoms with Crippen molar-refractivity contribution in [3.8, 4) is 44.5 Å². The molecule has 12 aromatic rings. The molecule has 12 aromatic carbocycles. The van der Waals surface area contributed by atoms with Crippen LogP contribution in [-0.4, -0.2) is 17.6 Å². The molecule has 12 rings (SSSR count). The van der Waals surface area contributed by atoms with E-state index in [1.54, 1.807) is 20.7 Å². The molecule has 0 heterocycles. The van der Waals surface area contributed by atoms with Crippen molar-refractivity contribution in [1.29, 1.82) is 0 Å². The molecule has 0 bridgehead atoms. The van der Waals surface area contributed by atoms with Gasteiger partial charge in [-0.1, -0.05) is 209 Å². The summed E-state index contributed by atoms with van der Waals surface area (Å²) in [6.07, 6.45) is 0. The second-order valence-electron chi connectivity index (χ2n) is 18.6. The minimum atomic E-state index is -0.965. The van der Waals surface area contributed by atoms with E-state index < -0.39 is 17.6 Å². The van der Waals surface area contributed by atoms with Crippen molar-refractivity contribution in [1.82, 2.24) is 0 Å². The van der Waals surface area contributed by atoms with Crippen molar-refractivity contribution < 1.29 is 51.0 Å². The van der Waals surface area contributed by atoms with Crippen LogP contribution in [0.5, 0.6) is 0 Å². The van der Waals surface area contributed by atoms with E-state index in [9.17, 15) is 0 Å². The van der Waals surface area contributed by atoms with Crippen LogP contribution < -0.4 is 45.6 Å². The van der Waals surface area contributed by atoms with Crippen molar-refractivity contribution in [2.24, 2.45) is 0 Å². The summed E-state index contributed by atoms with van der Waals surface area (Å²) in [5.41, 5.74) is 16.2. The number of hydrogen-bond acceptors (Lipinski definition) is 0. The van der Waals surface area contributed by atoms with Gasteiger partial charge in [0.2, 0.25) is 0 Å². The van der Waals surface area contributed by atoms with E-state index in [1.165, 1.54) is 110 Å². The van der Waals surface area contributed by atoms with Crippen molar-refractivity contribution in [2.75, 3.05) is 0 Å². The summed E-state index contributed by atoms with van der Waals surface area (Å²) < 4.78 is 0. The third-order valence-corrected chi connectivity index (χ3v) is 20.0. The molecule has 0 atom stereocenters. The van der Waals surface area contributed by atoms with Crippen LogP contribution >= 0.6 is 0 Å². The monoisotopic (exact) mass is 1060 g/mol. The summed E-state index contributed by atoms with van der Waals surface area (Å²) >= 11 is 0. The average Bonchev–Trinajstić information content (AvgIpc) is 4.12. The normalized spacial score (nSPS) is 11.2. The smallest absolute Gasteiger partial charge is 1.00 e. The van der Waals surface area contributed by atoms with Gasteiger partial charge in [0.15, 0.2) is 0 Å². The average molecular weight is 1070 g/mol. The van der Waals surface area contributed by atoms with Gasteiger partial charge in [-0.25, -0.2) is 0 Å². The van der Waals surface area contributed by atoms with Crippen LogP contribution in [0.3, 0.4) is 0 Å². The van der Waals surface area contributed by atoms with Gasteiger partial charge in [0.25, 0.3) is 0 Å². The molecule has 0 saturated carbocycles. The predicted octanol–water partition coefficient (Wildman–Crippen LogP) is 9.25. The van der Waals surface area contributed by atoms with Gasteiger partial charge in [-0.15, -0.1) is 135 Å². The van der Waals surface area contributed by atoms with Crippen LogP contribution in [0.25, 0.3) is 87.6 Å². The molecular weight excluding hydrogens is 1010 g/mol.